The molecule has 98 valence electrons. The molecule has 17 heavy (non-hydrogen) atoms. The Bertz CT molecular complexity index is 298. The van der Waals surface area contributed by atoms with Gasteiger partial charge in [-0.3, -0.25) is 9.69 Å². The summed E-state index contributed by atoms with van der Waals surface area (Å²) >= 11 is 0. The van der Waals surface area contributed by atoms with Gasteiger partial charge in [-0.15, -0.1) is 0 Å². The second kappa shape index (κ2) is 5.35. The molecular weight excluding hydrogens is 224 g/mol. The Labute approximate surface area is 101 Å². The molecule has 0 aliphatic carbocycles. The second-order valence-electron chi connectivity index (χ2n) is 5.26. The standard InChI is InChI=1S/C11H20N2O4/c1-11(2,3)17-10(16)12-8-4-5-13(6-8)7-9(14)15/h8H,4-7H2,1-3H3,(H,12,16)(H,14,15)/t8-/m0/s1. The first-order valence-corrected chi connectivity index (χ1v) is 5.70. The fourth-order valence-electron chi connectivity index (χ4n) is 1.76. The zero-order valence-electron chi connectivity index (χ0n) is 10.5. The third-order valence-corrected chi connectivity index (χ3v) is 2.35. The summed E-state index contributed by atoms with van der Waals surface area (Å²) in [5, 5.41) is 11.4. The quantitative estimate of drug-likeness (QED) is 0.763. The van der Waals surface area contributed by atoms with Crippen LogP contribution in [-0.2, 0) is 9.53 Å². The maximum Gasteiger partial charge on any atom is 0.407 e. The molecule has 0 spiro atoms. The van der Waals surface area contributed by atoms with E-state index in [0.29, 0.717) is 13.1 Å². The minimum atomic E-state index is -0.845. The summed E-state index contributed by atoms with van der Waals surface area (Å²) in [5.41, 5.74) is -0.510. The van der Waals surface area contributed by atoms with Gasteiger partial charge >= 0.3 is 12.1 Å². The molecule has 0 aromatic carbocycles. The van der Waals surface area contributed by atoms with Crippen molar-refractivity contribution in [2.45, 2.75) is 38.8 Å². The number of amides is 1. The van der Waals surface area contributed by atoms with Crippen LogP contribution in [0, 0.1) is 0 Å². The molecule has 1 amide bonds. The maximum atomic E-state index is 11.5. The first-order chi connectivity index (χ1) is 7.76. The molecular formula is C11H20N2O4. The Morgan fingerprint density at radius 3 is 2.65 bits per heavy atom. The number of nitrogens with zero attached hydrogens (tertiary/aromatic N) is 1. The van der Waals surface area contributed by atoms with E-state index in [1.807, 2.05) is 0 Å². The van der Waals surface area contributed by atoms with Gasteiger partial charge in [0.25, 0.3) is 0 Å². The predicted molar refractivity (Wildman–Crippen MR) is 61.9 cm³/mol. The minimum absolute atomic E-state index is 0.0203. The molecule has 1 fully saturated rings. The predicted octanol–water partition coefficient (Wildman–Crippen LogP) is 0.670. The molecule has 0 radical (unpaired) electrons. The lowest BCUT2D eigenvalue weighted by Gasteiger charge is -2.21. The number of aliphatic carboxylic acids is 1. The van der Waals surface area contributed by atoms with Crippen LogP contribution in [0.1, 0.15) is 27.2 Å². The number of carboxylic acids is 1. The van der Waals surface area contributed by atoms with E-state index >= 15 is 0 Å². The van der Waals surface area contributed by atoms with Crippen molar-refractivity contribution in [2.24, 2.45) is 0 Å². The van der Waals surface area contributed by atoms with E-state index in [-0.39, 0.29) is 12.6 Å². The second-order valence-corrected chi connectivity index (χ2v) is 5.26. The SMILES string of the molecule is CC(C)(C)OC(=O)N[C@H]1CCN(CC(=O)O)C1. The van der Waals surface area contributed by atoms with Crippen molar-refractivity contribution >= 4 is 12.1 Å². The molecule has 1 atom stereocenters. The summed E-state index contributed by atoms with van der Waals surface area (Å²) in [4.78, 5) is 23.8. The molecule has 0 unspecified atom stereocenters. The summed E-state index contributed by atoms with van der Waals surface area (Å²) in [6.45, 7) is 6.68. The molecule has 0 aromatic rings. The molecule has 6 heteroatoms. The van der Waals surface area contributed by atoms with Crippen molar-refractivity contribution in [3.63, 3.8) is 0 Å². The lowest BCUT2D eigenvalue weighted by atomic mass is 10.2. The largest absolute Gasteiger partial charge is 0.480 e. The molecule has 6 nitrogen and oxygen atoms in total. The van der Waals surface area contributed by atoms with Gasteiger partial charge in [0.15, 0.2) is 0 Å². The van der Waals surface area contributed by atoms with E-state index in [1.54, 1.807) is 25.7 Å². The highest BCUT2D eigenvalue weighted by atomic mass is 16.6. The van der Waals surface area contributed by atoms with Gasteiger partial charge in [-0.05, 0) is 27.2 Å². The number of rotatable bonds is 3. The zero-order valence-corrected chi connectivity index (χ0v) is 10.5. The van der Waals surface area contributed by atoms with Crippen LogP contribution >= 0.6 is 0 Å². The molecule has 1 aliphatic heterocycles. The van der Waals surface area contributed by atoms with E-state index in [2.05, 4.69) is 5.32 Å². The molecule has 0 saturated carbocycles. The number of nitrogens with one attached hydrogen (secondary N) is 1. The summed E-state index contributed by atoms with van der Waals surface area (Å²) < 4.78 is 5.13. The van der Waals surface area contributed by atoms with Gasteiger partial charge < -0.3 is 15.2 Å². The fourth-order valence-corrected chi connectivity index (χ4v) is 1.76. The van der Waals surface area contributed by atoms with E-state index < -0.39 is 17.7 Å². The van der Waals surface area contributed by atoms with Crippen molar-refractivity contribution < 1.29 is 19.4 Å². The van der Waals surface area contributed by atoms with Gasteiger partial charge in [-0.1, -0.05) is 0 Å². The highest BCUT2D eigenvalue weighted by Gasteiger charge is 2.26. The third kappa shape index (κ3) is 5.53. The van der Waals surface area contributed by atoms with Crippen molar-refractivity contribution in [2.75, 3.05) is 19.6 Å². The molecule has 1 rings (SSSR count). The number of carbonyl (C=O) groups excluding carboxylic acids is 1. The molecule has 0 aromatic heterocycles. The fraction of sp³-hybridized carbons (Fsp3) is 0.818. The van der Waals surface area contributed by atoms with Crippen molar-refractivity contribution in [1.82, 2.24) is 10.2 Å². The monoisotopic (exact) mass is 244 g/mol. The van der Waals surface area contributed by atoms with Gasteiger partial charge in [0.05, 0.1) is 6.54 Å². The van der Waals surface area contributed by atoms with Crippen LogP contribution in [0.3, 0.4) is 0 Å². The average Bonchev–Trinajstić information content (AvgIpc) is 2.46. The zero-order chi connectivity index (χ0) is 13.1. The van der Waals surface area contributed by atoms with E-state index in [0.717, 1.165) is 6.42 Å². The van der Waals surface area contributed by atoms with E-state index in [1.165, 1.54) is 0 Å². The Morgan fingerprint density at radius 2 is 2.12 bits per heavy atom. The summed E-state index contributed by atoms with van der Waals surface area (Å²) in [5.74, 6) is -0.845. The van der Waals surface area contributed by atoms with Gasteiger partial charge in [0.2, 0.25) is 0 Å². The van der Waals surface area contributed by atoms with E-state index in [9.17, 15) is 9.59 Å². The molecule has 1 heterocycles. The van der Waals surface area contributed by atoms with Crippen molar-refractivity contribution in [3.05, 3.63) is 0 Å². The van der Waals surface area contributed by atoms with Gasteiger partial charge in [-0.2, -0.15) is 0 Å². The Balaban J connectivity index is 2.30. The highest BCUT2D eigenvalue weighted by molar-refractivity contribution is 5.69. The van der Waals surface area contributed by atoms with Crippen molar-refractivity contribution in [1.29, 1.82) is 0 Å². The molecule has 1 aliphatic rings. The number of hydrogen-bond donors (Lipinski definition) is 2. The van der Waals surface area contributed by atoms with Crippen LogP contribution in [0.2, 0.25) is 0 Å². The highest BCUT2D eigenvalue weighted by Crippen LogP contribution is 2.11. The Morgan fingerprint density at radius 1 is 1.47 bits per heavy atom. The Kier molecular flexibility index (Phi) is 4.34. The third-order valence-electron chi connectivity index (χ3n) is 2.35. The summed E-state index contributed by atoms with van der Waals surface area (Å²) in [7, 11) is 0. The smallest absolute Gasteiger partial charge is 0.407 e. The number of hydrogen-bond acceptors (Lipinski definition) is 4. The van der Waals surface area contributed by atoms with Crippen LogP contribution < -0.4 is 5.32 Å². The lowest BCUT2D eigenvalue weighted by molar-refractivity contribution is -0.138. The van der Waals surface area contributed by atoms with Gasteiger partial charge in [-0.25, -0.2) is 4.79 Å². The summed E-state index contributed by atoms with van der Waals surface area (Å²) in [6.07, 6.45) is 0.312. The topological polar surface area (TPSA) is 78.9 Å². The number of likely N-dealkylation sites (tertiary alicyclic amines) is 1. The first kappa shape index (κ1) is 13.8. The number of alkyl carbamates (subject to hydrolysis) is 1. The van der Waals surface area contributed by atoms with Crippen LogP contribution in [0.5, 0.6) is 0 Å². The minimum Gasteiger partial charge on any atom is -0.480 e. The number of ether oxygens (including phenoxy) is 1. The van der Waals surface area contributed by atoms with Crippen LogP contribution in [0.25, 0.3) is 0 Å². The van der Waals surface area contributed by atoms with Crippen LogP contribution in [0.4, 0.5) is 4.79 Å². The number of carbonyl (C=O) groups is 2. The summed E-state index contributed by atoms with van der Waals surface area (Å²) in [6, 6.07) is -0.0239. The lowest BCUT2D eigenvalue weighted by Crippen LogP contribution is -2.41. The van der Waals surface area contributed by atoms with Gasteiger partial charge in [0.1, 0.15) is 5.60 Å². The van der Waals surface area contributed by atoms with Gasteiger partial charge in [0, 0.05) is 19.1 Å². The Hall–Kier alpha value is -1.30. The molecule has 1 saturated heterocycles. The van der Waals surface area contributed by atoms with Crippen LogP contribution in [0.15, 0.2) is 0 Å². The van der Waals surface area contributed by atoms with E-state index in [4.69, 9.17) is 9.84 Å². The molecule has 2 N–H and O–H groups in total. The normalized spacial score (nSPS) is 21.2. The molecule has 0 bridgehead atoms. The van der Waals surface area contributed by atoms with Crippen LogP contribution in [-0.4, -0.2) is 53.3 Å². The van der Waals surface area contributed by atoms with Crippen molar-refractivity contribution in [3.8, 4) is 0 Å². The average molecular weight is 244 g/mol. The first-order valence-electron chi connectivity index (χ1n) is 5.70. The number of carboxylic acid groups (broad SMARTS) is 1. The maximum absolute atomic E-state index is 11.5.